The Morgan fingerprint density at radius 3 is 2.62 bits per heavy atom. The summed E-state index contributed by atoms with van der Waals surface area (Å²) in [5, 5.41) is 2.78. The third kappa shape index (κ3) is 4.06. The predicted molar refractivity (Wildman–Crippen MR) is 33.7 cm³/mol. The van der Waals surface area contributed by atoms with Crippen molar-refractivity contribution in [2.24, 2.45) is 0 Å². The van der Waals surface area contributed by atoms with Gasteiger partial charge in [0.2, 0.25) is 0 Å². The molecule has 1 N–H and O–H groups in total. The summed E-state index contributed by atoms with van der Waals surface area (Å²) in [5.41, 5.74) is 0. The van der Waals surface area contributed by atoms with E-state index < -0.39 is 6.17 Å². The molecule has 50 valence electrons. The third-order valence-corrected chi connectivity index (χ3v) is 1.03. The van der Waals surface area contributed by atoms with Crippen LogP contribution in [0.3, 0.4) is 0 Å². The predicted octanol–water partition coefficient (Wildman–Crippen LogP) is 1.34. The summed E-state index contributed by atoms with van der Waals surface area (Å²) in [5.74, 6) is 0. The van der Waals surface area contributed by atoms with Gasteiger partial charge in [-0.1, -0.05) is 13.3 Å². The molecule has 2 heteroatoms. The summed E-state index contributed by atoms with van der Waals surface area (Å²) in [4.78, 5) is 0. The Labute approximate surface area is 50.3 Å². The lowest BCUT2D eigenvalue weighted by atomic mass is 10.2. The van der Waals surface area contributed by atoms with Crippen LogP contribution in [-0.4, -0.2) is 19.8 Å². The highest BCUT2D eigenvalue weighted by molar-refractivity contribution is 4.55. The zero-order valence-corrected chi connectivity index (χ0v) is 5.58. The summed E-state index contributed by atoms with van der Waals surface area (Å²) in [7, 11) is 1.77. The molecule has 0 rings (SSSR count). The number of halogens is 1. The molecule has 0 radical (unpaired) electrons. The zero-order valence-electron chi connectivity index (χ0n) is 5.58. The average molecular weight is 119 g/mol. The summed E-state index contributed by atoms with van der Waals surface area (Å²) < 4.78 is 12.3. The van der Waals surface area contributed by atoms with Crippen LogP contribution in [0, 0.1) is 0 Å². The Hall–Kier alpha value is -0.110. The highest BCUT2D eigenvalue weighted by Gasteiger charge is 2.00. The topological polar surface area (TPSA) is 12.0 Å². The molecule has 0 bridgehead atoms. The van der Waals surface area contributed by atoms with Gasteiger partial charge in [0.05, 0.1) is 0 Å². The third-order valence-electron chi connectivity index (χ3n) is 1.03. The minimum Gasteiger partial charge on any atom is -0.317 e. The van der Waals surface area contributed by atoms with Gasteiger partial charge < -0.3 is 5.32 Å². The molecule has 0 unspecified atom stereocenters. The molecule has 1 atom stereocenters. The first-order valence-electron chi connectivity index (χ1n) is 3.10. The number of rotatable bonds is 4. The Morgan fingerprint density at radius 1 is 1.62 bits per heavy atom. The molecule has 8 heavy (non-hydrogen) atoms. The highest BCUT2D eigenvalue weighted by Crippen LogP contribution is 1.98. The molecule has 0 saturated carbocycles. The second kappa shape index (κ2) is 5.04. The van der Waals surface area contributed by atoms with Gasteiger partial charge >= 0.3 is 0 Å². The van der Waals surface area contributed by atoms with Gasteiger partial charge in [-0.05, 0) is 13.5 Å². The molecular weight excluding hydrogens is 105 g/mol. The van der Waals surface area contributed by atoms with Crippen LogP contribution in [0.25, 0.3) is 0 Å². The van der Waals surface area contributed by atoms with Crippen LogP contribution in [-0.2, 0) is 0 Å². The van der Waals surface area contributed by atoms with E-state index in [1.165, 1.54) is 0 Å². The van der Waals surface area contributed by atoms with Crippen LogP contribution in [0.2, 0.25) is 0 Å². The first-order valence-corrected chi connectivity index (χ1v) is 3.10. The van der Waals surface area contributed by atoms with Crippen LogP contribution >= 0.6 is 0 Å². The molecular formula is C6H14FN. The molecule has 0 aromatic rings. The maximum Gasteiger partial charge on any atom is 0.112 e. The highest BCUT2D eigenvalue weighted by atomic mass is 19.1. The lowest BCUT2D eigenvalue weighted by molar-refractivity contribution is 0.305. The zero-order chi connectivity index (χ0) is 6.41. The van der Waals surface area contributed by atoms with Crippen molar-refractivity contribution >= 4 is 0 Å². The second-order valence-electron chi connectivity index (χ2n) is 1.94. The number of hydrogen-bond acceptors (Lipinski definition) is 1. The van der Waals surface area contributed by atoms with Crippen molar-refractivity contribution in [3.8, 4) is 0 Å². The molecule has 0 aliphatic carbocycles. The van der Waals surface area contributed by atoms with Gasteiger partial charge in [0.1, 0.15) is 6.17 Å². The van der Waals surface area contributed by atoms with Gasteiger partial charge in [0.25, 0.3) is 0 Å². The summed E-state index contributed by atoms with van der Waals surface area (Å²) in [6, 6.07) is 0. The van der Waals surface area contributed by atoms with Gasteiger partial charge in [-0.2, -0.15) is 0 Å². The fraction of sp³-hybridized carbons (Fsp3) is 1.00. The quantitative estimate of drug-likeness (QED) is 0.589. The fourth-order valence-electron chi connectivity index (χ4n) is 0.637. The second-order valence-corrected chi connectivity index (χ2v) is 1.94. The van der Waals surface area contributed by atoms with Crippen molar-refractivity contribution in [2.45, 2.75) is 25.9 Å². The minimum atomic E-state index is -0.648. The van der Waals surface area contributed by atoms with Crippen LogP contribution in [0.4, 0.5) is 4.39 Å². The largest absolute Gasteiger partial charge is 0.317 e. The maximum absolute atomic E-state index is 12.3. The van der Waals surface area contributed by atoms with E-state index in [0.717, 1.165) is 6.42 Å². The van der Waals surface area contributed by atoms with E-state index in [2.05, 4.69) is 5.32 Å². The molecule has 0 amide bonds. The Kier molecular flexibility index (Phi) is 4.97. The summed E-state index contributed by atoms with van der Waals surface area (Å²) in [6.07, 6.45) is 0.967. The van der Waals surface area contributed by atoms with Crippen LogP contribution < -0.4 is 5.32 Å². The van der Waals surface area contributed by atoms with Crippen molar-refractivity contribution in [1.82, 2.24) is 5.32 Å². The van der Waals surface area contributed by atoms with Gasteiger partial charge in [-0.25, -0.2) is 4.39 Å². The number of nitrogens with one attached hydrogen (secondary N) is 1. The number of alkyl halides is 1. The van der Waals surface area contributed by atoms with Gasteiger partial charge in [0.15, 0.2) is 0 Å². The molecule has 0 spiro atoms. The maximum atomic E-state index is 12.3. The molecule has 0 saturated heterocycles. The Bertz CT molecular complexity index is 41.8. The summed E-state index contributed by atoms with van der Waals surface area (Å²) >= 11 is 0. The van der Waals surface area contributed by atoms with E-state index in [1.807, 2.05) is 6.92 Å². The van der Waals surface area contributed by atoms with Crippen molar-refractivity contribution < 1.29 is 4.39 Å². The molecule has 0 aromatic heterocycles. The lowest BCUT2D eigenvalue weighted by Gasteiger charge is -2.02. The van der Waals surface area contributed by atoms with E-state index in [-0.39, 0.29) is 0 Å². The molecule has 0 heterocycles. The first-order chi connectivity index (χ1) is 3.81. The Morgan fingerprint density at radius 2 is 2.25 bits per heavy atom. The van der Waals surface area contributed by atoms with E-state index >= 15 is 0 Å². The van der Waals surface area contributed by atoms with Crippen molar-refractivity contribution in [3.05, 3.63) is 0 Å². The van der Waals surface area contributed by atoms with E-state index in [9.17, 15) is 4.39 Å². The lowest BCUT2D eigenvalue weighted by Crippen LogP contribution is -2.19. The molecule has 0 aliphatic rings. The van der Waals surface area contributed by atoms with Crippen LogP contribution in [0.5, 0.6) is 0 Å². The normalized spacial score (nSPS) is 13.9. The van der Waals surface area contributed by atoms with E-state index in [4.69, 9.17) is 0 Å². The fourth-order valence-corrected chi connectivity index (χ4v) is 0.637. The first kappa shape index (κ1) is 7.89. The molecule has 1 nitrogen and oxygen atoms in total. The van der Waals surface area contributed by atoms with Crippen molar-refractivity contribution in [2.75, 3.05) is 13.6 Å². The average Bonchev–Trinajstić information content (AvgIpc) is 1.68. The minimum absolute atomic E-state index is 0.494. The summed E-state index contributed by atoms with van der Waals surface area (Å²) in [6.45, 7) is 2.48. The smallest absolute Gasteiger partial charge is 0.112 e. The van der Waals surface area contributed by atoms with Crippen LogP contribution in [0.15, 0.2) is 0 Å². The Balaban J connectivity index is 2.92. The molecule has 0 aromatic carbocycles. The molecule has 0 aliphatic heterocycles. The number of hydrogen-bond donors (Lipinski definition) is 1. The SMILES string of the molecule is CCC[C@H](F)CNC. The van der Waals surface area contributed by atoms with Gasteiger partial charge in [-0.3, -0.25) is 0 Å². The standard InChI is InChI=1S/C6H14FN/c1-3-4-6(7)5-8-2/h6,8H,3-5H2,1-2H3/t6-/m0/s1. The van der Waals surface area contributed by atoms with Crippen LogP contribution in [0.1, 0.15) is 19.8 Å². The van der Waals surface area contributed by atoms with Gasteiger partial charge in [0, 0.05) is 6.54 Å². The van der Waals surface area contributed by atoms with E-state index in [1.54, 1.807) is 7.05 Å². The van der Waals surface area contributed by atoms with Crippen molar-refractivity contribution in [3.63, 3.8) is 0 Å². The van der Waals surface area contributed by atoms with Gasteiger partial charge in [-0.15, -0.1) is 0 Å². The van der Waals surface area contributed by atoms with Crippen molar-refractivity contribution in [1.29, 1.82) is 0 Å². The monoisotopic (exact) mass is 119 g/mol. The molecule has 0 fully saturated rings. The van der Waals surface area contributed by atoms with E-state index in [0.29, 0.717) is 13.0 Å².